The first-order valence-corrected chi connectivity index (χ1v) is 6.71. The number of aromatic amines is 1. The standard InChI is InChI=1S/C15H17FN2O3/c1-3-21-15(20)13(18-9(2)19)7-10-8-17-12-6-4-5-11(16)14(10)12/h4-6,8,13,17H,3,7H2,1-2H3,(H,18,19)/i16-1. The first-order chi connectivity index (χ1) is 10.0. The van der Waals surface area contributed by atoms with Crippen molar-refractivity contribution in [3.8, 4) is 0 Å². The van der Waals surface area contributed by atoms with Gasteiger partial charge in [-0.25, -0.2) is 9.18 Å². The Bertz CT molecular complexity index is 666. The molecule has 0 bridgehead atoms. The Balaban J connectivity index is 2.30. The van der Waals surface area contributed by atoms with E-state index in [1.165, 1.54) is 13.0 Å². The highest BCUT2D eigenvalue weighted by Crippen LogP contribution is 2.22. The molecule has 5 nitrogen and oxygen atoms in total. The predicted octanol–water partition coefficient (Wildman–Crippen LogP) is 1.92. The van der Waals surface area contributed by atoms with Crippen LogP contribution < -0.4 is 5.32 Å². The summed E-state index contributed by atoms with van der Waals surface area (Å²) >= 11 is 0. The molecule has 0 fully saturated rings. The second kappa shape index (κ2) is 6.39. The van der Waals surface area contributed by atoms with E-state index in [1.807, 2.05) is 0 Å². The van der Waals surface area contributed by atoms with E-state index >= 15 is 0 Å². The lowest BCUT2D eigenvalue weighted by atomic mass is 10.0. The van der Waals surface area contributed by atoms with Gasteiger partial charge >= 0.3 is 5.97 Å². The molecule has 1 aromatic carbocycles. The highest BCUT2D eigenvalue weighted by molar-refractivity contribution is 5.87. The summed E-state index contributed by atoms with van der Waals surface area (Å²) in [4.78, 5) is 26.1. The fraction of sp³-hybridized carbons (Fsp3) is 0.333. The van der Waals surface area contributed by atoms with Crippen LogP contribution in [0.2, 0.25) is 0 Å². The van der Waals surface area contributed by atoms with E-state index in [4.69, 9.17) is 4.74 Å². The van der Waals surface area contributed by atoms with Crippen molar-refractivity contribution >= 4 is 22.8 Å². The van der Waals surface area contributed by atoms with E-state index in [1.54, 1.807) is 25.3 Å². The Labute approximate surface area is 121 Å². The lowest BCUT2D eigenvalue weighted by Gasteiger charge is -2.16. The van der Waals surface area contributed by atoms with Crippen molar-refractivity contribution in [1.29, 1.82) is 0 Å². The summed E-state index contributed by atoms with van der Waals surface area (Å²) in [6.45, 7) is 3.23. The highest BCUT2D eigenvalue weighted by Gasteiger charge is 2.23. The number of benzene rings is 1. The minimum absolute atomic E-state index is 0.166. The van der Waals surface area contributed by atoms with Gasteiger partial charge in [0.25, 0.3) is 0 Å². The number of nitrogens with one attached hydrogen (secondary N) is 2. The molecule has 112 valence electrons. The Morgan fingerprint density at radius 1 is 1.43 bits per heavy atom. The molecule has 0 radical (unpaired) electrons. The van der Waals surface area contributed by atoms with Gasteiger partial charge < -0.3 is 15.0 Å². The second-order valence-electron chi connectivity index (χ2n) is 4.69. The number of rotatable bonds is 5. The lowest BCUT2D eigenvalue weighted by Crippen LogP contribution is -2.42. The first kappa shape index (κ1) is 15.0. The first-order valence-electron chi connectivity index (χ1n) is 6.71. The Morgan fingerprint density at radius 3 is 2.86 bits per heavy atom. The average Bonchev–Trinajstić information content (AvgIpc) is 2.82. The second-order valence-corrected chi connectivity index (χ2v) is 4.69. The number of H-pyrrole nitrogens is 1. The number of aromatic nitrogens is 1. The molecular weight excluding hydrogens is 274 g/mol. The molecule has 2 aromatic rings. The quantitative estimate of drug-likeness (QED) is 0.827. The zero-order valence-electron chi connectivity index (χ0n) is 11.9. The topological polar surface area (TPSA) is 71.2 Å². The maximum Gasteiger partial charge on any atom is 0.328 e. The monoisotopic (exact) mass is 291 g/mol. The maximum absolute atomic E-state index is 13.9. The lowest BCUT2D eigenvalue weighted by molar-refractivity contribution is -0.147. The molecule has 0 saturated heterocycles. The highest BCUT2D eigenvalue weighted by atomic mass is 18.2. The molecule has 2 rings (SSSR count). The van der Waals surface area contributed by atoms with Crippen molar-refractivity contribution in [3.63, 3.8) is 0 Å². The van der Waals surface area contributed by atoms with Crippen molar-refractivity contribution in [2.75, 3.05) is 6.61 Å². The molecular formula is C15H17FN2O3. The Kier molecular flexibility index (Phi) is 4.57. The molecule has 21 heavy (non-hydrogen) atoms. The SMILES string of the molecule is CCOC(=O)C(Cc1c[nH]c2cccc([18F])c12)NC(C)=O. The number of hydrogen-bond acceptors (Lipinski definition) is 3. The smallest absolute Gasteiger partial charge is 0.328 e. The van der Waals surface area contributed by atoms with Crippen LogP contribution in [-0.2, 0) is 20.7 Å². The maximum atomic E-state index is 13.9. The number of ether oxygens (including phenoxy) is 1. The van der Waals surface area contributed by atoms with Gasteiger partial charge in [-0.1, -0.05) is 6.07 Å². The summed E-state index contributed by atoms with van der Waals surface area (Å²) in [6, 6.07) is 3.88. The van der Waals surface area contributed by atoms with Crippen LogP contribution >= 0.6 is 0 Å². The molecule has 1 amide bonds. The molecule has 1 heterocycles. The van der Waals surface area contributed by atoms with Gasteiger partial charge in [-0.3, -0.25) is 4.79 Å². The van der Waals surface area contributed by atoms with E-state index in [2.05, 4.69) is 10.3 Å². The fourth-order valence-corrected chi connectivity index (χ4v) is 2.27. The van der Waals surface area contributed by atoms with Gasteiger partial charge in [0.15, 0.2) is 0 Å². The average molecular weight is 291 g/mol. The van der Waals surface area contributed by atoms with Crippen LogP contribution in [0.15, 0.2) is 24.4 Å². The van der Waals surface area contributed by atoms with Gasteiger partial charge in [0.2, 0.25) is 5.91 Å². The molecule has 2 N–H and O–H groups in total. The summed E-state index contributed by atoms with van der Waals surface area (Å²) in [6.07, 6.45) is 1.81. The minimum atomic E-state index is -0.832. The van der Waals surface area contributed by atoms with Crippen molar-refractivity contribution in [3.05, 3.63) is 35.8 Å². The van der Waals surface area contributed by atoms with Gasteiger partial charge in [0.1, 0.15) is 11.9 Å². The molecule has 6 heteroatoms. The molecule has 1 unspecified atom stereocenters. The molecule has 0 saturated carbocycles. The summed E-state index contributed by atoms with van der Waals surface area (Å²) < 4.78 is 18.9. The summed E-state index contributed by atoms with van der Waals surface area (Å²) in [7, 11) is 0. The van der Waals surface area contributed by atoms with Crippen LogP contribution in [0.3, 0.4) is 0 Å². The van der Waals surface area contributed by atoms with Crippen LogP contribution in [0.5, 0.6) is 0 Å². The number of carbonyl (C=O) groups is 2. The molecule has 0 aliphatic rings. The van der Waals surface area contributed by atoms with E-state index < -0.39 is 12.0 Å². The van der Waals surface area contributed by atoms with Crippen molar-refractivity contribution < 1.29 is 18.7 Å². The van der Waals surface area contributed by atoms with Gasteiger partial charge in [-0.15, -0.1) is 0 Å². The predicted molar refractivity (Wildman–Crippen MR) is 76.2 cm³/mol. The van der Waals surface area contributed by atoms with Crippen LogP contribution in [0.4, 0.5) is 4.39 Å². The van der Waals surface area contributed by atoms with Gasteiger partial charge in [0.05, 0.1) is 6.61 Å². The number of halogens is 1. The van der Waals surface area contributed by atoms with Gasteiger partial charge in [-0.2, -0.15) is 0 Å². The molecule has 0 spiro atoms. The molecule has 1 atom stereocenters. The Morgan fingerprint density at radius 2 is 2.19 bits per heavy atom. The third kappa shape index (κ3) is 3.39. The van der Waals surface area contributed by atoms with E-state index in [9.17, 15) is 14.0 Å². The fourth-order valence-electron chi connectivity index (χ4n) is 2.27. The number of carbonyl (C=O) groups excluding carboxylic acids is 2. The van der Waals surface area contributed by atoms with Crippen molar-refractivity contribution in [2.24, 2.45) is 0 Å². The zero-order valence-corrected chi connectivity index (χ0v) is 11.9. The van der Waals surface area contributed by atoms with Crippen molar-refractivity contribution in [2.45, 2.75) is 26.3 Å². The number of fused-ring (bicyclic) bond motifs is 1. The minimum Gasteiger partial charge on any atom is -0.464 e. The zero-order chi connectivity index (χ0) is 15.4. The van der Waals surface area contributed by atoms with Crippen LogP contribution in [-0.4, -0.2) is 29.5 Å². The van der Waals surface area contributed by atoms with Crippen LogP contribution in [0.25, 0.3) is 10.9 Å². The summed E-state index contributed by atoms with van der Waals surface area (Å²) in [5.41, 5.74) is 1.27. The van der Waals surface area contributed by atoms with Crippen LogP contribution in [0, 0.1) is 5.82 Å². The summed E-state index contributed by atoms with van der Waals surface area (Å²) in [5, 5.41) is 2.97. The van der Waals surface area contributed by atoms with Crippen LogP contribution in [0.1, 0.15) is 19.4 Å². The third-order valence-electron chi connectivity index (χ3n) is 3.11. The molecule has 0 aliphatic heterocycles. The van der Waals surface area contributed by atoms with E-state index in [0.29, 0.717) is 16.5 Å². The van der Waals surface area contributed by atoms with E-state index in [-0.39, 0.29) is 24.8 Å². The van der Waals surface area contributed by atoms with Gasteiger partial charge in [0, 0.05) is 30.4 Å². The number of hydrogen-bond donors (Lipinski definition) is 2. The van der Waals surface area contributed by atoms with E-state index in [0.717, 1.165) is 0 Å². The van der Waals surface area contributed by atoms with Crippen molar-refractivity contribution in [1.82, 2.24) is 10.3 Å². The number of amides is 1. The summed E-state index contributed by atoms with van der Waals surface area (Å²) in [5.74, 6) is -1.24. The Hall–Kier alpha value is -2.37. The molecule has 0 aliphatic carbocycles. The normalized spacial score (nSPS) is 12.1. The largest absolute Gasteiger partial charge is 0.464 e. The molecule has 1 aromatic heterocycles. The number of esters is 1. The third-order valence-corrected chi connectivity index (χ3v) is 3.11. The van der Waals surface area contributed by atoms with Gasteiger partial charge in [-0.05, 0) is 24.6 Å².